The van der Waals surface area contributed by atoms with Crippen molar-refractivity contribution in [3.63, 3.8) is 0 Å². The minimum Gasteiger partial charge on any atom is -0.504 e. The molecule has 212 valence electrons. The van der Waals surface area contributed by atoms with Crippen LogP contribution in [0.25, 0.3) is 10.8 Å². The van der Waals surface area contributed by atoms with Crippen molar-refractivity contribution in [2.75, 3.05) is 0 Å². The standard InChI is InChI=1S/C24H20P.C12H8O6/c1-5-13-21(14-6-1)25(22-15-7-2-8-16-22,23-17-9-3-10-18-23)24-19-11-4-12-20-24;13-7-4-5-2-1-3-6(11(15)16)8(5)9(10(7)14)12(17)18/h1-20H;1-4,13-14H,(H,15,16)(H,17,18)/q+1;. The van der Waals surface area contributed by atoms with Crippen molar-refractivity contribution in [2.45, 2.75) is 0 Å². The zero-order valence-electron chi connectivity index (χ0n) is 22.9. The Labute approximate surface area is 249 Å². The highest BCUT2D eigenvalue weighted by Crippen LogP contribution is 2.54. The summed E-state index contributed by atoms with van der Waals surface area (Å²) in [6.45, 7) is 0. The van der Waals surface area contributed by atoms with Crippen molar-refractivity contribution in [3.8, 4) is 11.5 Å². The Hall–Kier alpha value is -5.45. The lowest BCUT2D eigenvalue weighted by atomic mass is 9.98. The molecule has 0 aliphatic rings. The van der Waals surface area contributed by atoms with E-state index >= 15 is 0 Å². The molecule has 0 amide bonds. The molecule has 0 saturated carbocycles. The summed E-state index contributed by atoms with van der Waals surface area (Å²) < 4.78 is 0. The highest BCUT2D eigenvalue weighted by molar-refractivity contribution is 8.01. The number of carbonyl (C=O) groups is 2. The van der Waals surface area contributed by atoms with Gasteiger partial charge >= 0.3 is 11.9 Å². The Balaban J connectivity index is 0.000000181. The molecule has 0 unspecified atom stereocenters. The molecule has 0 aromatic heterocycles. The van der Waals surface area contributed by atoms with Gasteiger partial charge in [0.05, 0.1) is 5.56 Å². The van der Waals surface area contributed by atoms with Crippen LogP contribution in [0.4, 0.5) is 0 Å². The number of phenols is 2. The number of rotatable bonds is 6. The second-order valence-corrected chi connectivity index (χ2v) is 13.1. The molecule has 4 N–H and O–H groups in total. The van der Waals surface area contributed by atoms with E-state index in [4.69, 9.17) is 10.2 Å². The lowest BCUT2D eigenvalue weighted by molar-refractivity contribution is 0.0693. The van der Waals surface area contributed by atoms with Crippen LogP contribution in [0.3, 0.4) is 0 Å². The van der Waals surface area contributed by atoms with Crippen LogP contribution in [-0.4, -0.2) is 32.4 Å². The first-order chi connectivity index (χ1) is 20.9. The molecule has 0 radical (unpaired) electrons. The van der Waals surface area contributed by atoms with Crippen molar-refractivity contribution in [1.82, 2.24) is 0 Å². The summed E-state index contributed by atoms with van der Waals surface area (Å²) in [7, 11) is -1.91. The molecule has 7 heteroatoms. The molecule has 0 spiro atoms. The van der Waals surface area contributed by atoms with Gasteiger partial charge in [-0.05, 0) is 66.0 Å². The molecule has 0 saturated heterocycles. The van der Waals surface area contributed by atoms with Crippen molar-refractivity contribution in [1.29, 1.82) is 0 Å². The quantitative estimate of drug-likeness (QED) is 0.141. The summed E-state index contributed by atoms with van der Waals surface area (Å²) in [6, 6.07) is 49.0. The fraction of sp³-hybridized carbons (Fsp3) is 0. The van der Waals surface area contributed by atoms with Gasteiger partial charge in [-0.15, -0.1) is 0 Å². The number of phenolic OH excluding ortho intramolecular Hbond substituents is 1. The smallest absolute Gasteiger partial charge is 0.340 e. The zero-order valence-corrected chi connectivity index (χ0v) is 23.8. The summed E-state index contributed by atoms with van der Waals surface area (Å²) in [6.07, 6.45) is 0. The maximum atomic E-state index is 11.1. The third-order valence-corrected chi connectivity index (χ3v) is 11.4. The number of aromatic carboxylic acids is 2. The third kappa shape index (κ3) is 5.56. The molecule has 0 heterocycles. The number of carboxylic acids is 2. The Morgan fingerprint density at radius 3 is 1.23 bits per heavy atom. The lowest BCUT2D eigenvalue weighted by Crippen LogP contribution is -2.38. The number of carboxylic acid groups (broad SMARTS) is 2. The van der Waals surface area contributed by atoms with E-state index in [1.54, 1.807) is 0 Å². The highest BCUT2D eigenvalue weighted by atomic mass is 31.2. The van der Waals surface area contributed by atoms with Crippen LogP contribution < -0.4 is 21.2 Å². The number of hydrogen-bond donors (Lipinski definition) is 4. The van der Waals surface area contributed by atoms with Crippen molar-refractivity contribution in [3.05, 3.63) is 157 Å². The average molecular weight is 588 g/mol. The summed E-state index contributed by atoms with van der Waals surface area (Å²) >= 11 is 0. The second kappa shape index (κ2) is 12.6. The maximum absolute atomic E-state index is 11.1. The van der Waals surface area contributed by atoms with Crippen LogP contribution in [0.5, 0.6) is 11.5 Å². The summed E-state index contributed by atoms with van der Waals surface area (Å²) in [5.74, 6) is -4.28. The molecule has 0 fully saturated rings. The Morgan fingerprint density at radius 2 is 0.884 bits per heavy atom. The van der Waals surface area contributed by atoms with Gasteiger partial charge in [0.25, 0.3) is 0 Å². The van der Waals surface area contributed by atoms with E-state index in [9.17, 15) is 19.8 Å². The Kier molecular flexibility index (Phi) is 8.51. The number of benzene rings is 6. The third-order valence-electron chi connectivity index (χ3n) is 7.14. The number of hydrogen-bond acceptors (Lipinski definition) is 4. The summed E-state index contributed by atoms with van der Waals surface area (Å²) in [4.78, 5) is 22.1. The monoisotopic (exact) mass is 587 g/mol. The first-order valence-electron chi connectivity index (χ1n) is 13.4. The van der Waals surface area contributed by atoms with Gasteiger partial charge in [0.15, 0.2) is 11.5 Å². The first kappa shape index (κ1) is 29.1. The molecule has 6 aromatic rings. The predicted octanol–water partition coefficient (Wildman–Crippen LogP) is 5.95. The van der Waals surface area contributed by atoms with Crippen molar-refractivity contribution in [2.24, 2.45) is 0 Å². The molecule has 43 heavy (non-hydrogen) atoms. The van der Waals surface area contributed by atoms with E-state index in [2.05, 4.69) is 121 Å². The molecule has 6 nitrogen and oxygen atoms in total. The minimum atomic E-state index is -1.91. The van der Waals surface area contributed by atoms with Crippen LogP contribution in [0.1, 0.15) is 20.7 Å². The molecular weight excluding hydrogens is 559 g/mol. The Morgan fingerprint density at radius 1 is 0.488 bits per heavy atom. The van der Waals surface area contributed by atoms with Gasteiger partial charge in [-0.1, -0.05) is 84.9 Å². The SMILES string of the molecule is O=C(O)c1cccc2cc(O)c(O)c(C(=O)O)c12.c1ccc([P+](c2ccccc2)(c2ccccc2)c2ccccc2)cc1. The van der Waals surface area contributed by atoms with Gasteiger partial charge in [0.2, 0.25) is 0 Å². The number of aromatic hydroxyl groups is 2. The Bertz CT molecular complexity index is 1710. The average Bonchev–Trinajstić information content (AvgIpc) is 3.04. The van der Waals surface area contributed by atoms with E-state index < -0.39 is 36.3 Å². The molecule has 6 rings (SSSR count). The van der Waals surface area contributed by atoms with E-state index in [-0.39, 0.29) is 16.3 Å². The van der Waals surface area contributed by atoms with Crippen molar-refractivity contribution < 1.29 is 30.0 Å². The van der Waals surface area contributed by atoms with Crippen LogP contribution in [0.2, 0.25) is 0 Å². The van der Waals surface area contributed by atoms with E-state index in [0.29, 0.717) is 0 Å². The lowest BCUT2D eigenvalue weighted by Gasteiger charge is -2.27. The fourth-order valence-electron chi connectivity index (χ4n) is 5.32. The van der Waals surface area contributed by atoms with Gasteiger partial charge in [0, 0.05) is 5.39 Å². The van der Waals surface area contributed by atoms with E-state index in [0.717, 1.165) is 6.07 Å². The summed E-state index contributed by atoms with van der Waals surface area (Å²) in [5.41, 5.74) is -0.872. The van der Waals surface area contributed by atoms with Gasteiger partial charge < -0.3 is 20.4 Å². The van der Waals surface area contributed by atoms with E-state index in [1.165, 1.54) is 39.4 Å². The maximum Gasteiger partial charge on any atom is 0.340 e. The first-order valence-corrected chi connectivity index (χ1v) is 15.2. The molecule has 0 bridgehead atoms. The van der Waals surface area contributed by atoms with Crippen LogP contribution in [0, 0.1) is 0 Å². The molecule has 0 aliphatic carbocycles. The highest BCUT2D eigenvalue weighted by Gasteiger charge is 2.47. The largest absolute Gasteiger partial charge is 0.504 e. The van der Waals surface area contributed by atoms with Crippen LogP contribution in [-0.2, 0) is 0 Å². The van der Waals surface area contributed by atoms with Gasteiger partial charge in [-0.2, -0.15) is 0 Å². The van der Waals surface area contributed by atoms with Crippen LogP contribution >= 0.6 is 7.26 Å². The van der Waals surface area contributed by atoms with Crippen LogP contribution in [0.15, 0.2) is 146 Å². The fourth-order valence-corrected chi connectivity index (χ4v) is 9.59. The minimum absolute atomic E-state index is 0.118. The normalized spacial score (nSPS) is 10.9. The zero-order chi connectivity index (χ0) is 30.4. The molecule has 6 aromatic carbocycles. The molecular formula is C36H28O6P+. The summed E-state index contributed by atoms with van der Waals surface area (Å²) in [5, 5.41) is 42.7. The van der Waals surface area contributed by atoms with Gasteiger partial charge in [0.1, 0.15) is 34.0 Å². The van der Waals surface area contributed by atoms with E-state index in [1.807, 2.05) is 0 Å². The number of fused-ring (bicyclic) bond motifs is 1. The molecule has 0 aliphatic heterocycles. The second-order valence-electron chi connectivity index (χ2n) is 9.65. The molecule has 0 atom stereocenters. The van der Waals surface area contributed by atoms with Crippen molar-refractivity contribution >= 4 is 51.2 Å². The topological polar surface area (TPSA) is 115 Å². The van der Waals surface area contributed by atoms with Gasteiger partial charge in [-0.25, -0.2) is 9.59 Å². The predicted molar refractivity (Wildman–Crippen MR) is 172 cm³/mol. The van der Waals surface area contributed by atoms with Gasteiger partial charge in [-0.3, -0.25) is 0 Å².